The fraction of sp³-hybridized carbons (Fsp3) is 0.421. The lowest BCUT2D eigenvalue weighted by atomic mass is 9.90. The number of nitrogens with zero attached hydrogens (tertiary/aromatic N) is 2. The summed E-state index contributed by atoms with van der Waals surface area (Å²) >= 11 is 0. The van der Waals surface area contributed by atoms with Crippen molar-refractivity contribution in [2.75, 3.05) is 0 Å². The van der Waals surface area contributed by atoms with Crippen LogP contribution in [0.3, 0.4) is 0 Å². The number of carboxylic acid groups (broad SMARTS) is 1. The zero-order valence-electron chi connectivity index (χ0n) is 14.4. The third-order valence-electron chi connectivity index (χ3n) is 4.98. The average Bonchev–Trinajstić information content (AvgIpc) is 3.41. The van der Waals surface area contributed by atoms with Crippen LogP contribution in [0.15, 0.2) is 30.3 Å². The lowest BCUT2D eigenvalue weighted by Gasteiger charge is -2.24. The Bertz CT molecular complexity index is 827. The van der Waals surface area contributed by atoms with Crippen LogP contribution in [0.1, 0.15) is 47.7 Å². The van der Waals surface area contributed by atoms with Gasteiger partial charge in [0.25, 0.3) is 0 Å². The summed E-state index contributed by atoms with van der Waals surface area (Å²) in [6.45, 7) is 0.231. The first kappa shape index (κ1) is 16.6. The molecule has 0 bridgehead atoms. The summed E-state index contributed by atoms with van der Waals surface area (Å²) < 4.78 is 6.41. The van der Waals surface area contributed by atoms with Gasteiger partial charge in [0.15, 0.2) is 0 Å². The molecule has 0 aliphatic heterocycles. The molecule has 1 aromatic heterocycles. The topological polar surface area (TPSA) is 93.5 Å². The Morgan fingerprint density at radius 1 is 1.23 bits per heavy atom. The molecule has 136 valence electrons. The predicted octanol–water partition coefficient (Wildman–Crippen LogP) is 3.07. The first-order chi connectivity index (χ1) is 12.6. The van der Waals surface area contributed by atoms with Gasteiger partial charge < -0.3 is 15.2 Å². The Morgan fingerprint density at radius 2 is 2.00 bits per heavy atom. The molecule has 7 heteroatoms. The van der Waals surface area contributed by atoms with E-state index < -0.39 is 12.2 Å². The second-order valence-electron chi connectivity index (χ2n) is 6.92. The van der Waals surface area contributed by atoms with E-state index in [1.54, 1.807) is 0 Å². The van der Waals surface area contributed by atoms with E-state index in [1.807, 2.05) is 30.3 Å². The zero-order valence-corrected chi connectivity index (χ0v) is 14.4. The van der Waals surface area contributed by atoms with Crippen LogP contribution in [0, 0.1) is 0 Å². The largest absolute Gasteiger partial charge is 0.463 e. The molecule has 2 aliphatic rings. The average molecular weight is 355 g/mol. The fourth-order valence-electron chi connectivity index (χ4n) is 3.54. The summed E-state index contributed by atoms with van der Waals surface area (Å²) in [6, 6.07) is 9.47. The minimum atomic E-state index is -1.04. The summed E-state index contributed by atoms with van der Waals surface area (Å²) in [5.41, 5.74) is 3.60. The summed E-state index contributed by atoms with van der Waals surface area (Å²) in [5.74, 6) is 0.369. The molecule has 1 saturated carbocycles. The minimum absolute atomic E-state index is 0.0604. The van der Waals surface area contributed by atoms with Crippen molar-refractivity contribution in [3.8, 4) is 0 Å². The Kier molecular flexibility index (Phi) is 4.36. The van der Waals surface area contributed by atoms with Crippen molar-refractivity contribution >= 4 is 12.2 Å². The fourth-order valence-corrected chi connectivity index (χ4v) is 3.54. The van der Waals surface area contributed by atoms with Gasteiger partial charge in [0, 0.05) is 12.0 Å². The number of aromatic nitrogens is 2. The first-order valence-electron chi connectivity index (χ1n) is 8.93. The third kappa shape index (κ3) is 3.42. The van der Waals surface area contributed by atoms with Crippen LogP contribution < -0.4 is 5.32 Å². The second kappa shape index (κ2) is 6.82. The molecular weight excluding hydrogens is 334 g/mol. The van der Waals surface area contributed by atoms with Gasteiger partial charge in [-0.3, -0.25) is 0 Å². The molecule has 0 saturated heterocycles. The van der Waals surface area contributed by atoms with E-state index in [1.165, 1.54) is 0 Å². The highest BCUT2D eigenvalue weighted by Crippen LogP contribution is 2.43. The van der Waals surface area contributed by atoms with E-state index in [2.05, 4.69) is 10.4 Å². The number of ether oxygens (including phenoxy) is 1. The van der Waals surface area contributed by atoms with Crippen LogP contribution in [-0.4, -0.2) is 33.1 Å². The quantitative estimate of drug-likeness (QED) is 0.879. The smallest absolute Gasteiger partial charge is 0.432 e. The van der Waals surface area contributed by atoms with E-state index in [-0.39, 0.29) is 12.6 Å². The molecule has 2 aliphatic carbocycles. The summed E-state index contributed by atoms with van der Waals surface area (Å²) in [6.07, 6.45) is 2.50. The standard InChI is InChI=1S/C19H21N3O4/c23-18(26-11-12-4-2-1-3-5-12)20-14-8-9-16-15(10-14)17(13-6-7-13)21-22(16)19(24)25/h1-5,13-14H,6-11H2,(H,20,23)(H,24,25). The van der Waals surface area contributed by atoms with Crippen LogP contribution in [0.4, 0.5) is 9.59 Å². The molecule has 1 aromatic carbocycles. The Labute approximate surface area is 151 Å². The van der Waals surface area contributed by atoms with Crippen LogP contribution >= 0.6 is 0 Å². The predicted molar refractivity (Wildman–Crippen MR) is 93.2 cm³/mol. The van der Waals surface area contributed by atoms with Gasteiger partial charge in [-0.25, -0.2) is 9.59 Å². The molecule has 0 radical (unpaired) electrons. The highest BCUT2D eigenvalue weighted by atomic mass is 16.5. The molecule has 2 N–H and O–H groups in total. The summed E-state index contributed by atoms with van der Waals surface area (Å²) in [4.78, 5) is 23.5. The highest BCUT2D eigenvalue weighted by molar-refractivity contribution is 5.69. The number of hydrogen-bond acceptors (Lipinski definition) is 4. The highest BCUT2D eigenvalue weighted by Gasteiger charge is 2.35. The number of rotatable bonds is 4. The summed E-state index contributed by atoms with van der Waals surface area (Å²) in [5, 5.41) is 16.6. The Hall–Kier alpha value is -2.83. The van der Waals surface area contributed by atoms with Crippen molar-refractivity contribution in [2.45, 2.75) is 50.7 Å². The van der Waals surface area contributed by atoms with Crippen LogP contribution in [0.5, 0.6) is 0 Å². The molecule has 1 heterocycles. The second-order valence-corrected chi connectivity index (χ2v) is 6.92. The van der Waals surface area contributed by atoms with Gasteiger partial charge in [0.1, 0.15) is 6.61 Å². The number of carbonyl (C=O) groups excluding carboxylic acids is 1. The molecule has 2 aromatic rings. The van der Waals surface area contributed by atoms with Crippen molar-refractivity contribution in [1.82, 2.24) is 15.1 Å². The molecular formula is C19H21N3O4. The molecule has 7 nitrogen and oxygen atoms in total. The lowest BCUT2D eigenvalue weighted by Crippen LogP contribution is -2.39. The van der Waals surface area contributed by atoms with Crippen LogP contribution in [-0.2, 0) is 24.2 Å². The van der Waals surface area contributed by atoms with Crippen molar-refractivity contribution < 1.29 is 19.4 Å². The van der Waals surface area contributed by atoms with E-state index in [4.69, 9.17) is 4.74 Å². The molecule has 1 atom stereocenters. The number of amides is 1. The number of alkyl carbamates (subject to hydrolysis) is 1. The van der Waals surface area contributed by atoms with Crippen molar-refractivity contribution in [2.24, 2.45) is 0 Å². The summed E-state index contributed by atoms with van der Waals surface area (Å²) in [7, 11) is 0. The van der Waals surface area contributed by atoms with Crippen molar-refractivity contribution in [3.05, 3.63) is 52.8 Å². The molecule has 1 fully saturated rings. The molecule has 26 heavy (non-hydrogen) atoms. The molecule has 1 amide bonds. The maximum absolute atomic E-state index is 12.1. The number of nitrogens with one attached hydrogen (secondary N) is 1. The maximum atomic E-state index is 12.1. The van der Waals surface area contributed by atoms with Gasteiger partial charge in [-0.2, -0.15) is 9.78 Å². The number of hydrogen-bond donors (Lipinski definition) is 2. The minimum Gasteiger partial charge on any atom is -0.463 e. The van der Waals surface area contributed by atoms with Crippen LogP contribution in [0.25, 0.3) is 0 Å². The monoisotopic (exact) mass is 355 g/mol. The van der Waals surface area contributed by atoms with E-state index in [9.17, 15) is 14.7 Å². The third-order valence-corrected chi connectivity index (χ3v) is 4.98. The van der Waals surface area contributed by atoms with Gasteiger partial charge in [0.05, 0.1) is 11.4 Å². The van der Waals surface area contributed by atoms with Crippen molar-refractivity contribution in [3.63, 3.8) is 0 Å². The van der Waals surface area contributed by atoms with Gasteiger partial charge in [-0.05, 0) is 43.2 Å². The van der Waals surface area contributed by atoms with Crippen molar-refractivity contribution in [1.29, 1.82) is 0 Å². The van der Waals surface area contributed by atoms with Gasteiger partial charge in [0.2, 0.25) is 0 Å². The van der Waals surface area contributed by atoms with Crippen LogP contribution in [0.2, 0.25) is 0 Å². The molecule has 4 rings (SSSR count). The normalized spacial score (nSPS) is 18.8. The van der Waals surface area contributed by atoms with Gasteiger partial charge in [-0.15, -0.1) is 0 Å². The van der Waals surface area contributed by atoms with E-state index in [0.717, 1.165) is 40.0 Å². The van der Waals surface area contributed by atoms with E-state index in [0.29, 0.717) is 25.2 Å². The SMILES string of the molecule is O=C(NC1CCc2c(c(C3CC3)nn2C(=O)O)C1)OCc1ccccc1. The zero-order chi connectivity index (χ0) is 18.1. The molecule has 0 spiro atoms. The Balaban J connectivity index is 1.40. The Morgan fingerprint density at radius 3 is 2.69 bits per heavy atom. The number of fused-ring (bicyclic) bond motifs is 1. The lowest BCUT2D eigenvalue weighted by molar-refractivity contribution is 0.134. The van der Waals surface area contributed by atoms with Gasteiger partial charge in [-0.1, -0.05) is 30.3 Å². The molecule has 1 unspecified atom stereocenters. The maximum Gasteiger partial charge on any atom is 0.432 e. The first-order valence-corrected chi connectivity index (χ1v) is 8.93. The number of carbonyl (C=O) groups is 2. The van der Waals surface area contributed by atoms with E-state index >= 15 is 0 Å². The number of benzene rings is 1. The van der Waals surface area contributed by atoms with Gasteiger partial charge >= 0.3 is 12.2 Å².